The fourth-order valence-electron chi connectivity index (χ4n) is 5.77. The third kappa shape index (κ3) is 9.82. The van der Waals surface area contributed by atoms with Gasteiger partial charge in [0, 0.05) is 30.4 Å². The van der Waals surface area contributed by atoms with E-state index in [1.54, 1.807) is 19.1 Å². The maximum absolute atomic E-state index is 14.1. The molecule has 0 bridgehead atoms. The molecule has 3 aromatic rings. The fourth-order valence-corrected chi connectivity index (χ4v) is 6.92. The van der Waals surface area contributed by atoms with Crippen molar-refractivity contribution in [1.29, 1.82) is 0 Å². The molecule has 46 heavy (non-hydrogen) atoms. The van der Waals surface area contributed by atoms with Crippen molar-refractivity contribution in [3.63, 3.8) is 0 Å². The molecule has 8 nitrogen and oxygen atoms in total. The third-order valence-corrected chi connectivity index (χ3v) is 9.33. The number of methoxy groups -OCH3 is 1. The molecule has 1 unspecified atom stereocenters. The van der Waals surface area contributed by atoms with Crippen molar-refractivity contribution in [3.05, 3.63) is 96.1 Å². The lowest BCUT2D eigenvalue weighted by atomic mass is 9.85. The number of carbonyl (C=O) groups excluding carboxylic acids is 2. The molecule has 0 radical (unpaired) electrons. The van der Waals surface area contributed by atoms with Crippen molar-refractivity contribution in [1.82, 2.24) is 20.3 Å². The average molecular weight is 647 g/mol. The van der Waals surface area contributed by atoms with Crippen LogP contribution in [-0.4, -0.2) is 65.7 Å². The Kier molecular flexibility index (Phi) is 12.3. The number of nitrogens with one attached hydrogen (secondary N) is 3. The maximum atomic E-state index is 14.1. The molecule has 0 saturated heterocycles. The molecule has 3 aromatic carbocycles. The number of rotatable bonds is 16. The molecule has 0 heterocycles. The number of carbonyl (C=O) groups is 2. The van der Waals surface area contributed by atoms with E-state index in [0.717, 1.165) is 28.3 Å². The van der Waals surface area contributed by atoms with Crippen molar-refractivity contribution >= 4 is 23.8 Å². The Morgan fingerprint density at radius 1 is 0.978 bits per heavy atom. The van der Waals surface area contributed by atoms with Crippen LogP contribution in [0.3, 0.4) is 0 Å². The first-order chi connectivity index (χ1) is 21.9. The van der Waals surface area contributed by atoms with E-state index in [1.165, 1.54) is 0 Å². The molecule has 9 heteroatoms. The molecule has 0 aromatic heterocycles. The van der Waals surface area contributed by atoms with Crippen LogP contribution in [0.15, 0.2) is 89.8 Å². The van der Waals surface area contributed by atoms with Gasteiger partial charge in [-0.25, -0.2) is 4.31 Å². The van der Waals surface area contributed by atoms with Crippen LogP contribution in [0.1, 0.15) is 58.1 Å². The second kappa shape index (κ2) is 16.0. The van der Waals surface area contributed by atoms with Crippen LogP contribution < -0.4 is 20.7 Å². The summed E-state index contributed by atoms with van der Waals surface area (Å²) < 4.78 is 7.49. The summed E-state index contributed by atoms with van der Waals surface area (Å²) >= 11 is 1.59. The van der Waals surface area contributed by atoms with Crippen molar-refractivity contribution < 1.29 is 19.4 Å². The van der Waals surface area contributed by atoms with Crippen LogP contribution in [0, 0.1) is 11.3 Å². The summed E-state index contributed by atoms with van der Waals surface area (Å²) in [6.45, 7) is 11.9. The Labute approximate surface area is 278 Å². The molecule has 248 valence electrons. The lowest BCUT2D eigenvalue weighted by Gasteiger charge is -2.35. The first-order valence-electron chi connectivity index (χ1n) is 16.1. The highest BCUT2D eigenvalue weighted by Crippen LogP contribution is 2.54. The molecule has 4 N–H and O–H groups in total. The Bertz CT molecular complexity index is 1400. The van der Waals surface area contributed by atoms with Gasteiger partial charge in [-0.15, -0.1) is 0 Å². The van der Waals surface area contributed by atoms with Gasteiger partial charge in [-0.05, 0) is 65.1 Å². The summed E-state index contributed by atoms with van der Waals surface area (Å²) in [5.74, 6) is 0.555. The van der Waals surface area contributed by atoms with E-state index < -0.39 is 23.1 Å². The van der Waals surface area contributed by atoms with Crippen LogP contribution in [0.2, 0.25) is 0 Å². The number of ether oxygens (including phenoxy) is 1. The Balaban J connectivity index is 1.50. The van der Waals surface area contributed by atoms with Gasteiger partial charge in [-0.1, -0.05) is 95.3 Å². The number of aliphatic hydroxyl groups is 1. The molecule has 1 aliphatic rings. The predicted octanol–water partition coefficient (Wildman–Crippen LogP) is 5.38. The minimum Gasteiger partial charge on any atom is -0.497 e. The van der Waals surface area contributed by atoms with Gasteiger partial charge in [0.2, 0.25) is 11.8 Å². The number of hydrogen-bond donors (Lipinski definition) is 4. The largest absolute Gasteiger partial charge is 0.497 e. The Morgan fingerprint density at radius 2 is 1.61 bits per heavy atom. The fraction of sp³-hybridized carbons (Fsp3) is 0.459. The molecular weight excluding hydrogens is 596 g/mol. The summed E-state index contributed by atoms with van der Waals surface area (Å²) in [4.78, 5) is 28.2. The zero-order valence-corrected chi connectivity index (χ0v) is 28.8. The minimum absolute atomic E-state index is 0.0524. The zero-order chi connectivity index (χ0) is 33.3. The lowest BCUT2D eigenvalue weighted by molar-refractivity contribution is -0.132. The third-order valence-electron chi connectivity index (χ3n) is 8.29. The second-order valence-electron chi connectivity index (χ2n) is 13.7. The van der Waals surface area contributed by atoms with Crippen molar-refractivity contribution in [3.8, 4) is 5.75 Å². The summed E-state index contributed by atoms with van der Waals surface area (Å²) in [7, 11) is 1.65. The average Bonchev–Trinajstić information content (AvgIpc) is 3.75. The summed E-state index contributed by atoms with van der Waals surface area (Å²) in [5, 5.41) is 21.4. The van der Waals surface area contributed by atoms with Crippen molar-refractivity contribution in [2.45, 2.75) is 76.1 Å². The van der Waals surface area contributed by atoms with E-state index in [9.17, 15) is 14.7 Å². The first-order valence-corrected chi connectivity index (χ1v) is 16.8. The number of aliphatic hydroxyl groups excluding tert-OH is 1. The van der Waals surface area contributed by atoms with Gasteiger partial charge < -0.3 is 25.8 Å². The van der Waals surface area contributed by atoms with E-state index >= 15 is 0 Å². The van der Waals surface area contributed by atoms with Gasteiger partial charge >= 0.3 is 0 Å². The quantitative estimate of drug-likeness (QED) is 0.155. The zero-order valence-electron chi connectivity index (χ0n) is 28.0. The number of nitrogens with zero attached hydrogens (tertiary/aromatic N) is 1. The van der Waals surface area contributed by atoms with Crippen molar-refractivity contribution in [2.24, 2.45) is 11.3 Å². The number of hydrogen-bond acceptors (Lipinski definition) is 7. The monoisotopic (exact) mass is 646 g/mol. The molecule has 4 atom stereocenters. The standard InChI is InChI=1S/C37H50N4O4S/c1-26(2)24-41(46-30-19-17-29(45-6)18-20-30)25-32(42)37(21-31(37)28-15-11-8-12-16-28)40-35(44)34(36(3,4)5)39-33(43)23-38-22-27-13-9-7-10-14-27/h7-20,26,31-32,34,38,42H,21-25H2,1-6H3,(H,39,43)(H,40,44)/t31-,32-,34-,37?/m1/s1. The second-order valence-corrected chi connectivity index (χ2v) is 14.8. The minimum atomic E-state index is -0.867. The highest BCUT2D eigenvalue weighted by Gasteiger charge is 2.61. The Hall–Kier alpha value is -3.37. The number of benzene rings is 3. The van der Waals surface area contributed by atoms with Gasteiger partial charge in [0.1, 0.15) is 11.8 Å². The topological polar surface area (TPSA) is 103 Å². The van der Waals surface area contributed by atoms with Gasteiger partial charge in [-0.2, -0.15) is 0 Å². The van der Waals surface area contributed by atoms with Crippen LogP contribution in [0.5, 0.6) is 5.75 Å². The smallest absolute Gasteiger partial charge is 0.243 e. The Morgan fingerprint density at radius 3 is 2.20 bits per heavy atom. The lowest BCUT2D eigenvalue weighted by Crippen LogP contribution is -2.60. The molecule has 4 rings (SSSR count). The van der Waals surface area contributed by atoms with Crippen LogP contribution in [0.4, 0.5) is 0 Å². The molecule has 0 spiro atoms. The molecular formula is C37H50N4O4S. The molecule has 1 saturated carbocycles. The maximum Gasteiger partial charge on any atom is 0.243 e. The van der Waals surface area contributed by atoms with Crippen LogP contribution in [0.25, 0.3) is 0 Å². The summed E-state index contributed by atoms with van der Waals surface area (Å²) in [5.41, 5.74) is 0.722. The van der Waals surface area contributed by atoms with E-state index in [1.807, 2.05) is 106 Å². The molecule has 2 amide bonds. The van der Waals surface area contributed by atoms with E-state index in [-0.39, 0.29) is 24.3 Å². The molecule has 1 fully saturated rings. The van der Waals surface area contributed by atoms with Gasteiger partial charge in [0.05, 0.1) is 25.3 Å². The normalized spacial score (nSPS) is 19.0. The van der Waals surface area contributed by atoms with Crippen molar-refractivity contribution in [2.75, 3.05) is 26.7 Å². The van der Waals surface area contributed by atoms with Gasteiger partial charge in [-0.3, -0.25) is 9.59 Å². The van der Waals surface area contributed by atoms with Crippen LogP contribution >= 0.6 is 11.9 Å². The SMILES string of the molecule is COc1ccc(SN(CC(C)C)C[C@@H](O)C2(NC(=O)[C@@H](NC(=O)CNCc3ccccc3)C(C)(C)C)C[C@@H]2c2ccccc2)cc1. The number of amides is 2. The van der Waals surface area contributed by atoms with E-state index in [0.29, 0.717) is 25.4 Å². The summed E-state index contributed by atoms with van der Waals surface area (Å²) in [6, 6.07) is 27.0. The predicted molar refractivity (Wildman–Crippen MR) is 185 cm³/mol. The highest BCUT2D eigenvalue weighted by atomic mass is 32.2. The van der Waals surface area contributed by atoms with Crippen LogP contribution in [-0.2, 0) is 16.1 Å². The van der Waals surface area contributed by atoms with E-state index in [4.69, 9.17) is 4.74 Å². The van der Waals surface area contributed by atoms with Gasteiger partial charge in [0.15, 0.2) is 0 Å². The first kappa shape index (κ1) is 35.5. The highest BCUT2D eigenvalue weighted by molar-refractivity contribution is 7.97. The molecule has 1 aliphatic carbocycles. The molecule has 0 aliphatic heterocycles. The van der Waals surface area contributed by atoms with Gasteiger partial charge in [0.25, 0.3) is 0 Å². The van der Waals surface area contributed by atoms with E-state index in [2.05, 4.69) is 34.1 Å². The summed E-state index contributed by atoms with van der Waals surface area (Å²) in [6.07, 6.45) is -0.245.